The molecule has 2 unspecified atom stereocenters. The first-order valence-electron chi connectivity index (χ1n) is 7.51. The van der Waals surface area contributed by atoms with Gasteiger partial charge in [0.2, 0.25) is 0 Å². The molecule has 110 valence electrons. The van der Waals surface area contributed by atoms with Gasteiger partial charge >= 0.3 is 0 Å². The van der Waals surface area contributed by atoms with E-state index in [0.717, 1.165) is 23.5 Å². The molecule has 2 fully saturated rings. The number of halogens is 2. The van der Waals surface area contributed by atoms with Crippen LogP contribution < -0.4 is 10.2 Å². The van der Waals surface area contributed by atoms with Gasteiger partial charge in [-0.1, -0.05) is 29.8 Å². The number of piperazine rings is 1. The van der Waals surface area contributed by atoms with Gasteiger partial charge in [-0.3, -0.25) is 0 Å². The maximum Gasteiger partial charge on any atom is 0.0525 e. The fourth-order valence-electron chi connectivity index (χ4n) is 3.19. The molecule has 0 radical (unpaired) electrons. The monoisotopic (exact) mass is 400 g/mol. The van der Waals surface area contributed by atoms with E-state index in [9.17, 15) is 0 Å². The molecule has 0 aromatic heterocycles. The molecule has 4 heteroatoms. The summed E-state index contributed by atoms with van der Waals surface area (Å²) in [6.07, 6.45) is 2.80. The van der Waals surface area contributed by atoms with Crippen LogP contribution in [0.3, 0.4) is 0 Å². The van der Waals surface area contributed by atoms with Crippen molar-refractivity contribution in [3.05, 3.63) is 27.1 Å². The van der Waals surface area contributed by atoms with Crippen LogP contribution in [0.15, 0.2) is 27.1 Å². The summed E-state index contributed by atoms with van der Waals surface area (Å²) in [6.45, 7) is 6.87. The van der Waals surface area contributed by atoms with Crippen molar-refractivity contribution in [2.24, 2.45) is 11.8 Å². The minimum atomic E-state index is 0.565. The first-order valence-corrected chi connectivity index (χ1v) is 9.10. The van der Waals surface area contributed by atoms with Crippen molar-refractivity contribution in [2.75, 3.05) is 18.0 Å². The van der Waals surface area contributed by atoms with Crippen molar-refractivity contribution >= 4 is 37.5 Å². The summed E-state index contributed by atoms with van der Waals surface area (Å²) >= 11 is 7.35. The van der Waals surface area contributed by atoms with Gasteiger partial charge in [0.15, 0.2) is 0 Å². The van der Waals surface area contributed by atoms with Crippen LogP contribution in [0.1, 0.15) is 26.7 Å². The Bertz CT molecular complexity index is 485. The highest BCUT2D eigenvalue weighted by molar-refractivity contribution is 9.11. The molecule has 1 saturated carbocycles. The Labute approximate surface area is 138 Å². The molecule has 1 N–H and O–H groups in total. The SMILES string of the molecule is CC(C)C1CNC(C2CC2)CN1c1cc(Br)ccc1Br. The summed E-state index contributed by atoms with van der Waals surface area (Å²) in [5.74, 6) is 1.55. The molecule has 1 heterocycles. The third-order valence-electron chi connectivity index (χ3n) is 4.56. The van der Waals surface area contributed by atoms with Crippen LogP contribution in [0.25, 0.3) is 0 Å². The summed E-state index contributed by atoms with van der Waals surface area (Å²) in [7, 11) is 0. The third kappa shape index (κ3) is 3.07. The summed E-state index contributed by atoms with van der Waals surface area (Å²) in [4.78, 5) is 2.61. The Morgan fingerprint density at radius 1 is 1.25 bits per heavy atom. The zero-order valence-electron chi connectivity index (χ0n) is 12.1. The normalized spacial score (nSPS) is 27.1. The van der Waals surface area contributed by atoms with Crippen molar-refractivity contribution in [1.29, 1.82) is 0 Å². The van der Waals surface area contributed by atoms with Gasteiger partial charge in [0.25, 0.3) is 0 Å². The van der Waals surface area contributed by atoms with Crippen LogP contribution in [-0.4, -0.2) is 25.2 Å². The van der Waals surface area contributed by atoms with Gasteiger partial charge in [0.1, 0.15) is 0 Å². The van der Waals surface area contributed by atoms with Crippen molar-refractivity contribution in [3.8, 4) is 0 Å². The highest BCUT2D eigenvalue weighted by Crippen LogP contribution is 2.38. The molecule has 0 spiro atoms. The minimum Gasteiger partial charge on any atom is -0.364 e. The lowest BCUT2D eigenvalue weighted by Gasteiger charge is -2.44. The van der Waals surface area contributed by atoms with E-state index < -0.39 is 0 Å². The number of anilines is 1. The number of hydrogen-bond acceptors (Lipinski definition) is 2. The lowest BCUT2D eigenvalue weighted by molar-refractivity contribution is 0.320. The van der Waals surface area contributed by atoms with E-state index in [-0.39, 0.29) is 0 Å². The molecule has 2 aliphatic rings. The van der Waals surface area contributed by atoms with Crippen LogP contribution >= 0.6 is 31.9 Å². The fraction of sp³-hybridized carbons (Fsp3) is 0.625. The average Bonchev–Trinajstić information content (AvgIpc) is 3.25. The summed E-state index contributed by atoms with van der Waals surface area (Å²) in [6, 6.07) is 7.71. The van der Waals surface area contributed by atoms with Crippen molar-refractivity contribution in [2.45, 2.75) is 38.8 Å². The van der Waals surface area contributed by atoms with Crippen molar-refractivity contribution in [3.63, 3.8) is 0 Å². The molecule has 2 atom stereocenters. The van der Waals surface area contributed by atoms with E-state index in [0.29, 0.717) is 18.0 Å². The molecule has 3 rings (SSSR count). The number of hydrogen-bond donors (Lipinski definition) is 1. The Hall–Kier alpha value is -0.0600. The highest BCUT2D eigenvalue weighted by Gasteiger charge is 2.38. The lowest BCUT2D eigenvalue weighted by Crippen LogP contribution is -2.59. The van der Waals surface area contributed by atoms with Crippen molar-refractivity contribution in [1.82, 2.24) is 5.32 Å². The number of rotatable bonds is 3. The van der Waals surface area contributed by atoms with Gasteiger partial charge in [-0.15, -0.1) is 0 Å². The Kier molecular flexibility index (Phi) is 4.44. The average molecular weight is 402 g/mol. The van der Waals surface area contributed by atoms with E-state index in [1.165, 1.54) is 23.0 Å². The van der Waals surface area contributed by atoms with Gasteiger partial charge in [-0.05, 0) is 58.8 Å². The van der Waals surface area contributed by atoms with E-state index in [1.807, 2.05) is 0 Å². The molecule has 1 aliphatic carbocycles. The second kappa shape index (κ2) is 5.98. The summed E-state index contributed by atoms with van der Waals surface area (Å²) in [5.41, 5.74) is 1.32. The smallest absolute Gasteiger partial charge is 0.0525 e. The summed E-state index contributed by atoms with van der Waals surface area (Å²) in [5, 5.41) is 3.78. The highest BCUT2D eigenvalue weighted by atomic mass is 79.9. The molecule has 2 nitrogen and oxygen atoms in total. The predicted octanol–water partition coefficient (Wildman–Crippen LogP) is 4.42. The summed E-state index contributed by atoms with van der Waals surface area (Å²) < 4.78 is 2.35. The molecule has 1 saturated heterocycles. The predicted molar refractivity (Wildman–Crippen MR) is 92.3 cm³/mol. The van der Waals surface area contributed by atoms with Gasteiger partial charge in [-0.2, -0.15) is 0 Å². The van der Waals surface area contributed by atoms with Gasteiger partial charge < -0.3 is 10.2 Å². The maximum atomic E-state index is 3.78. The van der Waals surface area contributed by atoms with Gasteiger partial charge in [-0.25, -0.2) is 0 Å². The fourth-order valence-corrected chi connectivity index (χ4v) is 4.01. The zero-order valence-corrected chi connectivity index (χ0v) is 15.2. The molecule has 0 amide bonds. The van der Waals surface area contributed by atoms with Crippen LogP contribution in [0, 0.1) is 11.8 Å². The number of benzene rings is 1. The molecule has 1 aliphatic heterocycles. The van der Waals surface area contributed by atoms with Crippen molar-refractivity contribution < 1.29 is 0 Å². The first-order chi connectivity index (χ1) is 9.56. The second-order valence-corrected chi connectivity index (χ2v) is 8.18. The standard InChI is InChI=1S/C16H22Br2N2/c1-10(2)16-8-19-14(11-3-4-11)9-20(16)15-7-12(17)5-6-13(15)18/h5-7,10-11,14,16,19H,3-4,8-9H2,1-2H3. The molecule has 1 aromatic rings. The Morgan fingerprint density at radius 2 is 2.00 bits per heavy atom. The zero-order chi connectivity index (χ0) is 14.3. The minimum absolute atomic E-state index is 0.565. The molecule has 0 bridgehead atoms. The quantitative estimate of drug-likeness (QED) is 0.805. The Morgan fingerprint density at radius 3 is 2.65 bits per heavy atom. The Balaban J connectivity index is 1.89. The van der Waals surface area contributed by atoms with Crippen LogP contribution in [-0.2, 0) is 0 Å². The lowest BCUT2D eigenvalue weighted by atomic mass is 9.96. The van der Waals surface area contributed by atoms with Gasteiger partial charge in [0.05, 0.1) is 5.69 Å². The maximum absolute atomic E-state index is 3.78. The van der Waals surface area contributed by atoms with E-state index >= 15 is 0 Å². The van der Waals surface area contributed by atoms with Crippen LogP contribution in [0.4, 0.5) is 5.69 Å². The topological polar surface area (TPSA) is 15.3 Å². The number of nitrogens with zero attached hydrogens (tertiary/aromatic N) is 1. The van der Waals surface area contributed by atoms with E-state index in [2.05, 4.69) is 74.1 Å². The molecule has 20 heavy (non-hydrogen) atoms. The van der Waals surface area contributed by atoms with Crippen LogP contribution in [0.5, 0.6) is 0 Å². The second-order valence-electron chi connectivity index (χ2n) is 6.41. The largest absolute Gasteiger partial charge is 0.364 e. The molecule has 1 aromatic carbocycles. The third-order valence-corrected chi connectivity index (χ3v) is 5.72. The van der Waals surface area contributed by atoms with E-state index in [4.69, 9.17) is 0 Å². The first kappa shape index (κ1) is 14.9. The number of nitrogens with one attached hydrogen (secondary N) is 1. The van der Waals surface area contributed by atoms with Crippen LogP contribution in [0.2, 0.25) is 0 Å². The van der Waals surface area contributed by atoms with E-state index in [1.54, 1.807) is 0 Å². The van der Waals surface area contributed by atoms with Gasteiger partial charge in [0, 0.05) is 34.1 Å². The molecular formula is C16H22Br2N2. The molecular weight excluding hydrogens is 380 g/mol.